The molecule has 1 unspecified atom stereocenters. The highest BCUT2D eigenvalue weighted by Crippen LogP contribution is 2.31. The molecule has 2 saturated heterocycles. The van der Waals surface area contributed by atoms with Crippen molar-refractivity contribution in [1.29, 1.82) is 0 Å². The van der Waals surface area contributed by atoms with Crippen molar-refractivity contribution < 1.29 is 9.59 Å². The van der Waals surface area contributed by atoms with E-state index in [0.717, 1.165) is 49.9 Å². The second-order valence-electron chi connectivity index (χ2n) is 8.68. The molecule has 2 amide bonds. The van der Waals surface area contributed by atoms with Gasteiger partial charge in [-0.1, -0.05) is 32.9 Å². The summed E-state index contributed by atoms with van der Waals surface area (Å²) in [7, 11) is 0. The molecule has 0 radical (unpaired) electrons. The summed E-state index contributed by atoms with van der Waals surface area (Å²) in [6, 6.07) is 8.18. The lowest BCUT2D eigenvalue weighted by Gasteiger charge is -2.30. The Bertz CT molecular complexity index is 648. The number of carbonyl (C=O) groups excluding carboxylic acids is 2. The van der Waals surface area contributed by atoms with E-state index in [1.54, 1.807) is 0 Å². The average Bonchev–Trinajstić information content (AvgIpc) is 3.15. The van der Waals surface area contributed by atoms with Crippen molar-refractivity contribution in [1.82, 2.24) is 9.80 Å². The van der Waals surface area contributed by atoms with E-state index in [4.69, 9.17) is 0 Å². The molecule has 0 saturated carbocycles. The molecule has 1 atom stereocenters. The van der Waals surface area contributed by atoms with Crippen molar-refractivity contribution in [3.8, 4) is 0 Å². The number of carbonyl (C=O) groups is 2. The highest BCUT2D eigenvalue weighted by Gasteiger charge is 2.32. The van der Waals surface area contributed by atoms with E-state index in [0.29, 0.717) is 19.0 Å². The summed E-state index contributed by atoms with van der Waals surface area (Å²) in [5.41, 5.74) is 2.03. The summed E-state index contributed by atoms with van der Waals surface area (Å²) in [6.07, 6.45) is 4.83. The fraction of sp³-hybridized carbons (Fsp3) is 0.619. The SMILES string of the molecule is CC(C)(C)CC1CCCN1C(=O)c1cccc(CN2CCCC2=O)c1. The summed E-state index contributed by atoms with van der Waals surface area (Å²) in [5.74, 6) is 0.364. The topological polar surface area (TPSA) is 40.6 Å². The first-order valence-electron chi connectivity index (χ1n) is 9.51. The Kier molecular flexibility index (Phi) is 5.16. The van der Waals surface area contributed by atoms with Crippen molar-refractivity contribution in [3.05, 3.63) is 35.4 Å². The van der Waals surface area contributed by atoms with Gasteiger partial charge >= 0.3 is 0 Å². The van der Waals surface area contributed by atoms with Crippen LogP contribution in [0.15, 0.2) is 24.3 Å². The van der Waals surface area contributed by atoms with Crippen LogP contribution in [0.2, 0.25) is 0 Å². The van der Waals surface area contributed by atoms with Crippen molar-refractivity contribution in [3.63, 3.8) is 0 Å². The first-order valence-corrected chi connectivity index (χ1v) is 9.51. The molecule has 1 aromatic carbocycles. The third-order valence-corrected chi connectivity index (χ3v) is 5.20. The number of benzene rings is 1. The summed E-state index contributed by atoms with van der Waals surface area (Å²) in [6.45, 7) is 9.02. The fourth-order valence-electron chi connectivity index (χ4n) is 4.08. The van der Waals surface area contributed by atoms with Crippen LogP contribution >= 0.6 is 0 Å². The molecule has 2 aliphatic rings. The molecule has 0 aromatic heterocycles. The lowest BCUT2D eigenvalue weighted by Crippen LogP contribution is -2.37. The van der Waals surface area contributed by atoms with Crippen LogP contribution in [0, 0.1) is 5.41 Å². The minimum atomic E-state index is 0.140. The molecule has 0 aliphatic carbocycles. The van der Waals surface area contributed by atoms with Crippen LogP contribution < -0.4 is 0 Å². The van der Waals surface area contributed by atoms with Crippen LogP contribution in [-0.2, 0) is 11.3 Å². The minimum Gasteiger partial charge on any atom is -0.338 e. The second kappa shape index (κ2) is 7.19. The van der Waals surface area contributed by atoms with Gasteiger partial charge in [0.1, 0.15) is 0 Å². The van der Waals surface area contributed by atoms with Gasteiger partial charge < -0.3 is 9.80 Å². The molecule has 1 aromatic rings. The molecule has 0 spiro atoms. The van der Waals surface area contributed by atoms with Gasteiger partial charge in [-0.15, -0.1) is 0 Å². The zero-order valence-electron chi connectivity index (χ0n) is 15.8. The Morgan fingerprint density at radius 2 is 2.00 bits per heavy atom. The molecular formula is C21H30N2O2. The van der Waals surface area contributed by atoms with Gasteiger partial charge in [-0.3, -0.25) is 9.59 Å². The number of hydrogen-bond acceptors (Lipinski definition) is 2. The van der Waals surface area contributed by atoms with Gasteiger partial charge in [0, 0.05) is 37.7 Å². The zero-order valence-corrected chi connectivity index (χ0v) is 15.8. The van der Waals surface area contributed by atoms with E-state index in [-0.39, 0.29) is 17.2 Å². The summed E-state index contributed by atoms with van der Waals surface area (Å²) in [5, 5.41) is 0. The number of rotatable bonds is 4. The van der Waals surface area contributed by atoms with Crippen LogP contribution in [0.4, 0.5) is 0 Å². The van der Waals surface area contributed by atoms with E-state index in [2.05, 4.69) is 25.7 Å². The molecule has 2 aliphatic heterocycles. The van der Waals surface area contributed by atoms with Crippen LogP contribution in [-0.4, -0.2) is 40.7 Å². The Labute approximate surface area is 151 Å². The zero-order chi connectivity index (χ0) is 18.0. The summed E-state index contributed by atoms with van der Waals surface area (Å²) in [4.78, 5) is 28.8. The molecule has 136 valence electrons. The van der Waals surface area contributed by atoms with Crippen molar-refractivity contribution >= 4 is 11.8 Å². The van der Waals surface area contributed by atoms with E-state index >= 15 is 0 Å². The summed E-state index contributed by atoms with van der Waals surface area (Å²) < 4.78 is 0. The van der Waals surface area contributed by atoms with Crippen LogP contribution in [0.25, 0.3) is 0 Å². The third-order valence-electron chi connectivity index (χ3n) is 5.20. The molecule has 4 heteroatoms. The van der Waals surface area contributed by atoms with Crippen molar-refractivity contribution in [2.45, 2.75) is 65.5 Å². The molecule has 3 rings (SSSR count). The van der Waals surface area contributed by atoms with Gasteiger partial charge in [0.15, 0.2) is 0 Å². The lowest BCUT2D eigenvalue weighted by atomic mass is 9.87. The molecule has 4 nitrogen and oxygen atoms in total. The fourth-order valence-corrected chi connectivity index (χ4v) is 4.08. The van der Waals surface area contributed by atoms with E-state index in [1.165, 1.54) is 0 Å². The highest BCUT2D eigenvalue weighted by molar-refractivity contribution is 5.94. The predicted molar refractivity (Wildman–Crippen MR) is 99.2 cm³/mol. The standard InChI is InChI=1S/C21H30N2O2/c1-21(2,3)14-18-9-5-12-23(18)20(25)17-8-4-7-16(13-17)15-22-11-6-10-19(22)24/h4,7-8,13,18H,5-6,9-12,14-15H2,1-3H3. The van der Waals surface area contributed by atoms with E-state index in [1.807, 2.05) is 29.2 Å². The van der Waals surface area contributed by atoms with Gasteiger partial charge in [0.25, 0.3) is 5.91 Å². The lowest BCUT2D eigenvalue weighted by molar-refractivity contribution is -0.128. The van der Waals surface area contributed by atoms with E-state index < -0.39 is 0 Å². The quantitative estimate of drug-likeness (QED) is 0.834. The number of nitrogens with zero attached hydrogens (tertiary/aromatic N) is 2. The number of amides is 2. The summed E-state index contributed by atoms with van der Waals surface area (Å²) >= 11 is 0. The third kappa shape index (κ3) is 4.42. The maximum absolute atomic E-state index is 13.0. The maximum Gasteiger partial charge on any atom is 0.254 e. The van der Waals surface area contributed by atoms with Crippen LogP contribution in [0.1, 0.15) is 68.8 Å². The Balaban J connectivity index is 1.71. The largest absolute Gasteiger partial charge is 0.338 e. The minimum absolute atomic E-state index is 0.140. The molecular weight excluding hydrogens is 312 g/mol. The Hall–Kier alpha value is -1.84. The molecule has 25 heavy (non-hydrogen) atoms. The first kappa shape index (κ1) is 18.0. The van der Waals surface area contributed by atoms with Gasteiger partial charge in [-0.05, 0) is 48.8 Å². The Morgan fingerprint density at radius 3 is 2.68 bits per heavy atom. The van der Waals surface area contributed by atoms with Gasteiger partial charge in [-0.2, -0.15) is 0 Å². The maximum atomic E-state index is 13.0. The number of likely N-dealkylation sites (tertiary alicyclic amines) is 2. The van der Waals surface area contributed by atoms with Gasteiger partial charge in [-0.25, -0.2) is 0 Å². The smallest absolute Gasteiger partial charge is 0.254 e. The van der Waals surface area contributed by atoms with E-state index in [9.17, 15) is 9.59 Å². The first-order chi connectivity index (χ1) is 11.8. The second-order valence-corrected chi connectivity index (χ2v) is 8.68. The molecule has 2 fully saturated rings. The van der Waals surface area contributed by atoms with Gasteiger partial charge in [0.2, 0.25) is 5.91 Å². The van der Waals surface area contributed by atoms with Crippen molar-refractivity contribution in [2.24, 2.45) is 5.41 Å². The van der Waals surface area contributed by atoms with Gasteiger partial charge in [0.05, 0.1) is 0 Å². The number of hydrogen-bond donors (Lipinski definition) is 0. The predicted octanol–water partition coefficient (Wildman–Crippen LogP) is 3.85. The molecule has 2 heterocycles. The van der Waals surface area contributed by atoms with Crippen molar-refractivity contribution in [2.75, 3.05) is 13.1 Å². The van der Waals surface area contributed by atoms with Crippen LogP contribution in [0.3, 0.4) is 0 Å². The molecule has 0 N–H and O–H groups in total. The normalized spacial score (nSPS) is 21.2. The highest BCUT2D eigenvalue weighted by atomic mass is 16.2. The monoisotopic (exact) mass is 342 g/mol. The molecule has 0 bridgehead atoms. The Morgan fingerprint density at radius 1 is 1.20 bits per heavy atom. The van der Waals surface area contributed by atoms with Crippen LogP contribution in [0.5, 0.6) is 0 Å². The average molecular weight is 342 g/mol.